The van der Waals surface area contributed by atoms with Crippen molar-refractivity contribution in [1.82, 2.24) is 4.98 Å². The summed E-state index contributed by atoms with van der Waals surface area (Å²) in [6, 6.07) is 3.89. The van der Waals surface area contributed by atoms with Gasteiger partial charge in [-0.05, 0) is 25.5 Å². The van der Waals surface area contributed by atoms with E-state index in [2.05, 4.69) is 11.1 Å². The van der Waals surface area contributed by atoms with Crippen LogP contribution in [0.1, 0.15) is 18.1 Å². The number of nitriles is 1. The molecule has 0 bridgehead atoms. The summed E-state index contributed by atoms with van der Waals surface area (Å²) in [6.07, 6.45) is 1.62. The van der Waals surface area contributed by atoms with Gasteiger partial charge >= 0.3 is 5.97 Å². The molecule has 0 spiro atoms. The van der Waals surface area contributed by atoms with Crippen LogP contribution in [-0.4, -0.2) is 44.4 Å². The van der Waals surface area contributed by atoms with Gasteiger partial charge in [0.1, 0.15) is 18.4 Å². The van der Waals surface area contributed by atoms with E-state index in [1.807, 2.05) is 6.92 Å². The number of rotatable bonds is 7. The van der Waals surface area contributed by atoms with Crippen LogP contribution in [0.2, 0.25) is 0 Å². The van der Waals surface area contributed by atoms with Gasteiger partial charge in [0.05, 0.1) is 18.8 Å². The van der Waals surface area contributed by atoms with E-state index in [4.69, 9.17) is 9.47 Å². The second-order valence-corrected chi connectivity index (χ2v) is 4.16. The van der Waals surface area contributed by atoms with E-state index in [9.17, 15) is 10.1 Å². The van der Waals surface area contributed by atoms with Gasteiger partial charge in [0.25, 0.3) is 0 Å². The van der Waals surface area contributed by atoms with Gasteiger partial charge in [-0.2, -0.15) is 5.26 Å². The number of pyridine rings is 1. The molecule has 108 valence electrons. The summed E-state index contributed by atoms with van der Waals surface area (Å²) in [5.74, 6) is 0.133. The van der Waals surface area contributed by atoms with Gasteiger partial charge in [0.2, 0.25) is 0 Å². The van der Waals surface area contributed by atoms with E-state index in [0.29, 0.717) is 31.1 Å². The van der Waals surface area contributed by atoms with E-state index >= 15 is 0 Å². The zero-order chi connectivity index (χ0) is 15.0. The summed E-state index contributed by atoms with van der Waals surface area (Å²) in [6.45, 7) is 4.84. The van der Waals surface area contributed by atoms with Crippen LogP contribution in [0.5, 0.6) is 0 Å². The molecule has 1 heterocycles. The molecule has 0 aliphatic heterocycles. The van der Waals surface area contributed by atoms with Gasteiger partial charge in [0.15, 0.2) is 0 Å². The SMILES string of the molecule is CCOC(=O)CN(CCOC)c1nccc(C)c1C#N. The molecule has 0 aliphatic carbocycles. The summed E-state index contributed by atoms with van der Waals surface area (Å²) in [5, 5.41) is 9.25. The highest BCUT2D eigenvalue weighted by atomic mass is 16.5. The summed E-state index contributed by atoms with van der Waals surface area (Å²) in [4.78, 5) is 17.6. The first-order valence-corrected chi connectivity index (χ1v) is 6.39. The third-order valence-electron chi connectivity index (χ3n) is 2.74. The fraction of sp³-hybridized carbons (Fsp3) is 0.500. The van der Waals surface area contributed by atoms with Gasteiger partial charge < -0.3 is 14.4 Å². The van der Waals surface area contributed by atoms with Gasteiger partial charge in [-0.1, -0.05) is 0 Å². The topological polar surface area (TPSA) is 75.4 Å². The lowest BCUT2D eigenvalue weighted by Gasteiger charge is -2.23. The minimum Gasteiger partial charge on any atom is -0.465 e. The molecular weight excluding hydrogens is 258 g/mol. The van der Waals surface area contributed by atoms with Crippen LogP contribution in [0.3, 0.4) is 0 Å². The van der Waals surface area contributed by atoms with Gasteiger partial charge in [-0.15, -0.1) is 0 Å². The molecule has 0 saturated carbocycles. The van der Waals surface area contributed by atoms with Crippen molar-refractivity contribution < 1.29 is 14.3 Å². The third kappa shape index (κ3) is 4.21. The number of ether oxygens (including phenoxy) is 2. The summed E-state index contributed by atoms with van der Waals surface area (Å²) in [5.41, 5.74) is 1.29. The van der Waals surface area contributed by atoms with Crippen LogP contribution in [0.4, 0.5) is 5.82 Å². The average Bonchev–Trinajstić information content (AvgIpc) is 2.43. The maximum Gasteiger partial charge on any atom is 0.325 e. The molecule has 0 fully saturated rings. The van der Waals surface area contributed by atoms with Crippen LogP contribution in [0, 0.1) is 18.3 Å². The number of esters is 1. The largest absolute Gasteiger partial charge is 0.465 e. The third-order valence-corrected chi connectivity index (χ3v) is 2.74. The molecule has 1 rings (SSSR count). The number of hydrogen-bond acceptors (Lipinski definition) is 6. The molecule has 1 aromatic heterocycles. The highest BCUT2D eigenvalue weighted by Crippen LogP contribution is 2.19. The number of aryl methyl sites for hydroxylation is 1. The smallest absolute Gasteiger partial charge is 0.325 e. The molecule has 1 aromatic rings. The van der Waals surface area contributed by atoms with E-state index in [1.54, 1.807) is 31.2 Å². The molecule has 0 aromatic carbocycles. The lowest BCUT2D eigenvalue weighted by molar-refractivity contribution is -0.141. The Morgan fingerprint density at radius 2 is 2.30 bits per heavy atom. The fourth-order valence-electron chi connectivity index (χ4n) is 1.75. The molecule has 0 N–H and O–H groups in total. The van der Waals surface area contributed by atoms with Crippen LogP contribution < -0.4 is 4.90 Å². The van der Waals surface area contributed by atoms with Gasteiger partial charge in [0, 0.05) is 19.9 Å². The minimum atomic E-state index is -0.351. The van der Waals surface area contributed by atoms with Gasteiger partial charge in [-0.3, -0.25) is 4.79 Å². The van der Waals surface area contributed by atoms with E-state index in [-0.39, 0.29) is 12.5 Å². The Balaban J connectivity index is 3.01. The van der Waals surface area contributed by atoms with Crippen LogP contribution in [0.15, 0.2) is 12.3 Å². The standard InChI is InChI=1S/C14H19N3O3/c1-4-20-13(18)10-17(7-8-19-3)14-12(9-15)11(2)5-6-16-14/h5-6H,4,7-8,10H2,1-3H3. The molecular formula is C14H19N3O3. The Bertz CT molecular complexity index is 497. The molecule has 0 radical (unpaired) electrons. The first-order chi connectivity index (χ1) is 9.63. The zero-order valence-corrected chi connectivity index (χ0v) is 12.0. The van der Waals surface area contributed by atoms with Crippen molar-refractivity contribution in [3.05, 3.63) is 23.4 Å². The maximum absolute atomic E-state index is 11.7. The number of nitrogens with zero attached hydrogens (tertiary/aromatic N) is 3. The second kappa shape index (κ2) is 8.12. The molecule has 0 amide bonds. The van der Waals surface area contributed by atoms with Crippen LogP contribution >= 0.6 is 0 Å². The molecule has 6 heteroatoms. The zero-order valence-electron chi connectivity index (χ0n) is 12.0. The second-order valence-electron chi connectivity index (χ2n) is 4.16. The predicted molar refractivity (Wildman–Crippen MR) is 74.4 cm³/mol. The lowest BCUT2D eigenvalue weighted by atomic mass is 10.1. The number of methoxy groups -OCH3 is 1. The number of aromatic nitrogens is 1. The van der Waals surface area contributed by atoms with Gasteiger partial charge in [-0.25, -0.2) is 4.98 Å². The van der Waals surface area contributed by atoms with Crippen molar-refractivity contribution in [3.63, 3.8) is 0 Å². The fourth-order valence-corrected chi connectivity index (χ4v) is 1.75. The van der Waals surface area contributed by atoms with Crippen molar-refractivity contribution in [2.45, 2.75) is 13.8 Å². The minimum absolute atomic E-state index is 0.0440. The predicted octanol–water partition coefficient (Wildman–Crippen LogP) is 1.28. The maximum atomic E-state index is 11.7. The van der Waals surface area contributed by atoms with E-state index in [0.717, 1.165) is 5.56 Å². The van der Waals surface area contributed by atoms with Crippen molar-refractivity contribution >= 4 is 11.8 Å². The van der Waals surface area contributed by atoms with Crippen molar-refractivity contribution in [2.24, 2.45) is 0 Å². The molecule has 0 aliphatic rings. The number of hydrogen-bond donors (Lipinski definition) is 0. The molecule has 20 heavy (non-hydrogen) atoms. The van der Waals surface area contributed by atoms with E-state index in [1.165, 1.54) is 0 Å². The normalized spacial score (nSPS) is 9.90. The quantitative estimate of drug-likeness (QED) is 0.699. The molecule has 6 nitrogen and oxygen atoms in total. The Morgan fingerprint density at radius 1 is 1.55 bits per heavy atom. The van der Waals surface area contributed by atoms with E-state index < -0.39 is 0 Å². The summed E-state index contributed by atoms with van der Waals surface area (Å²) < 4.78 is 9.98. The van der Waals surface area contributed by atoms with Crippen LogP contribution in [-0.2, 0) is 14.3 Å². The van der Waals surface area contributed by atoms with Crippen LogP contribution in [0.25, 0.3) is 0 Å². The molecule has 0 saturated heterocycles. The molecule has 0 unspecified atom stereocenters. The first-order valence-electron chi connectivity index (χ1n) is 6.39. The Labute approximate surface area is 118 Å². The van der Waals surface area contributed by atoms with Crippen molar-refractivity contribution in [1.29, 1.82) is 5.26 Å². The lowest BCUT2D eigenvalue weighted by Crippen LogP contribution is -2.35. The first kappa shape index (κ1) is 15.9. The molecule has 0 atom stereocenters. The Morgan fingerprint density at radius 3 is 2.90 bits per heavy atom. The Hall–Kier alpha value is -2.13. The number of anilines is 1. The monoisotopic (exact) mass is 277 g/mol. The van der Waals surface area contributed by atoms with Crippen molar-refractivity contribution in [3.8, 4) is 6.07 Å². The number of carbonyl (C=O) groups excluding carboxylic acids is 1. The highest BCUT2D eigenvalue weighted by Gasteiger charge is 2.18. The highest BCUT2D eigenvalue weighted by molar-refractivity contribution is 5.76. The summed E-state index contributed by atoms with van der Waals surface area (Å²) >= 11 is 0. The average molecular weight is 277 g/mol. The summed E-state index contributed by atoms with van der Waals surface area (Å²) in [7, 11) is 1.58. The van der Waals surface area contributed by atoms with Crippen molar-refractivity contribution in [2.75, 3.05) is 38.3 Å². The Kier molecular flexibility index (Phi) is 6.47. The number of carbonyl (C=O) groups is 1.